The van der Waals surface area contributed by atoms with E-state index in [1.807, 2.05) is 31.2 Å². The van der Waals surface area contributed by atoms with Gasteiger partial charge in [-0.3, -0.25) is 9.10 Å². The van der Waals surface area contributed by atoms with Crippen molar-refractivity contribution in [1.82, 2.24) is 0 Å². The minimum Gasteiger partial charge on any atom is -0.453 e. The average molecular weight is 355 g/mol. The Labute approximate surface area is 145 Å². The Morgan fingerprint density at radius 3 is 2.64 bits per heavy atom. The van der Waals surface area contributed by atoms with Crippen LogP contribution in [0.25, 0.3) is 11.0 Å². The molecule has 3 aromatic rings. The van der Waals surface area contributed by atoms with Gasteiger partial charge in [0.25, 0.3) is 0 Å². The molecule has 5 nitrogen and oxygen atoms in total. The van der Waals surface area contributed by atoms with E-state index in [1.165, 1.54) is 10.6 Å². The van der Waals surface area contributed by atoms with Crippen LogP contribution >= 0.6 is 0 Å². The van der Waals surface area contributed by atoms with Crippen LogP contribution in [-0.4, -0.2) is 26.5 Å². The number of ketones is 1. The van der Waals surface area contributed by atoms with Crippen LogP contribution in [0.1, 0.15) is 28.6 Å². The van der Waals surface area contributed by atoms with Gasteiger partial charge in [-0.1, -0.05) is 18.2 Å². The van der Waals surface area contributed by atoms with E-state index in [2.05, 4.69) is 0 Å². The summed E-state index contributed by atoms with van der Waals surface area (Å²) < 4.78 is 31.0. The molecule has 2 heterocycles. The molecular formula is C19H17NO4S. The number of anilines is 1. The van der Waals surface area contributed by atoms with Gasteiger partial charge in [-0.2, -0.15) is 0 Å². The number of furan rings is 1. The third-order valence-corrected chi connectivity index (χ3v) is 5.77. The van der Waals surface area contributed by atoms with Gasteiger partial charge in [-0.25, -0.2) is 8.42 Å². The number of carbonyl (C=O) groups is 1. The van der Waals surface area contributed by atoms with Crippen molar-refractivity contribution in [2.45, 2.75) is 19.4 Å². The molecule has 4 rings (SSSR count). The monoisotopic (exact) mass is 355 g/mol. The molecule has 6 heteroatoms. The summed E-state index contributed by atoms with van der Waals surface area (Å²) in [6.45, 7) is 1.86. The molecular weight excluding hydrogens is 338 g/mol. The molecule has 0 unspecified atom stereocenters. The van der Waals surface area contributed by atoms with E-state index in [0.29, 0.717) is 23.3 Å². The van der Waals surface area contributed by atoms with Gasteiger partial charge in [-0.05, 0) is 49.2 Å². The molecule has 2 aromatic carbocycles. The van der Waals surface area contributed by atoms with Crippen molar-refractivity contribution >= 4 is 32.5 Å². The minimum atomic E-state index is -3.34. The lowest BCUT2D eigenvalue weighted by Gasteiger charge is -2.21. The van der Waals surface area contributed by atoms with Crippen LogP contribution in [0.15, 0.2) is 52.9 Å². The Morgan fingerprint density at radius 2 is 1.92 bits per heavy atom. The summed E-state index contributed by atoms with van der Waals surface area (Å²) in [4.78, 5) is 12.8. The van der Waals surface area contributed by atoms with Crippen LogP contribution in [0, 0.1) is 0 Å². The number of hydrogen-bond donors (Lipinski definition) is 0. The first kappa shape index (κ1) is 15.9. The van der Waals surface area contributed by atoms with Gasteiger partial charge in [0.05, 0.1) is 11.9 Å². The van der Waals surface area contributed by atoms with E-state index in [9.17, 15) is 13.2 Å². The summed E-state index contributed by atoms with van der Waals surface area (Å²) in [6, 6.07) is 14.2. The van der Waals surface area contributed by atoms with Crippen molar-refractivity contribution in [2.24, 2.45) is 0 Å². The summed E-state index contributed by atoms with van der Waals surface area (Å²) in [7, 11) is -3.34. The second kappa shape index (κ2) is 5.46. The maximum Gasteiger partial charge on any atom is 0.232 e. The maximum atomic E-state index is 12.8. The zero-order valence-corrected chi connectivity index (χ0v) is 14.7. The molecule has 0 spiro atoms. The van der Waals surface area contributed by atoms with Gasteiger partial charge >= 0.3 is 0 Å². The van der Waals surface area contributed by atoms with E-state index in [0.717, 1.165) is 10.9 Å². The highest BCUT2D eigenvalue weighted by atomic mass is 32.2. The Bertz CT molecular complexity index is 1060. The standard InChI is InChI=1S/C19H17NO4S/c1-12-9-15-10-14(7-8-16(15)20(12)25(2,22)23)19(21)18-11-13-5-3-4-6-17(13)24-18/h3-8,10-12H,9H2,1-2H3/t12-/m1/s1. The fourth-order valence-corrected chi connectivity index (χ4v) is 4.75. The van der Waals surface area contributed by atoms with Crippen LogP contribution in [0.2, 0.25) is 0 Å². The van der Waals surface area contributed by atoms with E-state index in [-0.39, 0.29) is 17.6 Å². The molecule has 0 saturated carbocycles. The van der Waals surface area contributed by atoms with Gasteiger partial charge in [0.2, 0.25) is 15.8 Å². The van der Waals surface area contributed by atoms with E-state index < -0.39 is 10.0 Å². The van der Waals surface area contributed by atoms with Crippen molar-refractivity contribution in [3.05, 3.63) is 65.4 Å². The number of sulfonamides is 1. The summed E-state index contributed by atoms with van der Waals surface area (Å²) in [5, 5.41) is 0.879. The van der Waals surface area contributed by atoms with Crippen molar-refractivity contribution < 1.29 is 17.6 Å². The second-order valence-electron chi connectivity index (χ2n) is 6.43. The zero-order chi connectivity index (χ0) is 17.8. The van der Waals surface area contributed by atoms with Gasteiger partial charge < -0.3 is 4.42 Å². The first-order valence-electron chi connectivity index (χ1n) is 8.00. The van der Waals surface area contributed by atoms with Crippen LogP contribution in [0.4, 0.5) is 5.69 Å². The topological polar surface area (TPSA) is 67.6 Å². The van der Waals surface area contributed by atoms with Crippen molar-refractivity contribution in [1.29, 1.82) is 0 Å². The molecule has 0 amide bonds. The van der Waals surface area contributed by atoms with Gasteiger partial charge in [-0.15, -0.1) is 0 Å². The van der Waals surface area contributed by atoms with Gasteiger partial charge in [0.15, 0.2) is 5.76 Å². The molecule has 0 radical (unpaired) electrons. The summed E-state index contributed by atoms with van der Waals surface area (Å²) >= 11 is 0. The Kier molecular flexibility index (Phi) is 3.47. The third kappa shape index (κ3) is 2.62. The summed E-state index contributed by atoms with van der Waals surface area (Å²) in [5.41, 5.74) is 2.68. The first-order valence-corrected chi connectivity index (χ1v) is 9.85. The molecule has 0 saturated heterocycles. The molecule has 0 N–H and O–H groups in total. The molecule has 1 atom stereocenters. The number of carbonyl (C=O) groups excluding carboxylic acids is 1. The number of fused-ring (bicyclic) bond motifs is 2. The number of hydrogen-bond acceptors (Lipinski definition) is 4. The molecule has 0 bridgehead atoms. The van der Waals surface area contributed by atoms with Crippen LogP contribution < -0.4 is 4.31 Å². The van der Waals surface area contributed by atoms with E-state index in [1.54, 1.807) is 24.3 Å². The minimum absolute atomic E-state index is 0.151. The Morgan fingerprint density at radius 1 is 1.16 bits per heavy atom. The van der Waals surface area contributed by atoms with Crippen LogP contribution in [0.3, 0.4) is 0 Å². The quantitative estimate of drug-likeness (QED) is 0.676. The molecule has 0 aliphatic carbocycles. The lowest BCUT2D eigenvalue weighted by molar-refractivity contribution is 0.101. The summed E-state index contributed by atoms with van der Waals surface area (Å²) in [6.07, 6.45) is 1.79. The highest BCUT2D eigenvalue weighted by molar-refractivity contribution is 7.92. The van der Waals surface area contributed by atoms with Crippen molar-refractivity contribution in [2.75, 3.05) is 10.6 Å². The molecule has 1 aliphatic heterocycles. The van der Waals surface area contributed by atoms with Crippen molar-refractivity contribution in [3.8, 4) is 0 Å². The number of para-hydroxylation sites is 1. The highest BCUT2D eigenvalue weighted by Gasteiger charge is 2.33. The fraction of sp³-hybridized carbons (Fsp3) is 0.211. The van der Waals surface area contributed by atoms with Gasteiger partial charge in [0.1, 0.15) is 5.58 Å². The predicted molar refractivity (Wildman–Crippen MR) is 96.6 cm³/mol. The molecule has 1 aromatic heterocycles. The summed E-state index contributed by atoms with van der Waals surface area (Å²) in [5.74, 6) is 0.0802. The van der Waals surface area contributed by atoms with Crippen LogP contribution in [0.5, 0.6) is 0 Å². The van der Waals surface area contributed by atoms with Gasteiger partial charge in [0, 0.05) is 17.0 Å². The Hall–Kier alpha value is -2.60. The van der Waals surface area contributed by atoms with Crippen molar-refractivity contribution in [3.63, 3.8) is 0 Å². The lowest BCUT2D eigenvalue weighted by atomic mass is 10.0. The molecule has 0 fully saturated rings. The SMILES string of the molecule is C[C@@H]1Cc2cc(C(=O)c3cc4ccccc4o3)ccc2N1S(C)(=O)=O. The number of rotatable bonds is 3. The molecule has 128 valence electrons. The fourth-order valence-electron chi connectivity index (χ4n) is 3.49. The molecule has 25 heavy (non-hydrogen) atoms. The first-order chi connectivity index (χ1) is 11.8. The maximum absolute atomic E-state index is 12.8. The predicted octanol–water partition coefficient (Wildman–Crippen LogP) is 3.37. The smallest absolute Gasteiger partial charge is 0.232 e. The molecule has 1 aliphatic rings. The zero-order valence-electron chi connectivity index (χ0n) is 13.9. The highest BCUT2D eigenvalue weighted by Crippen LogP contribution is 2.35. The second-order valence-corrected chi connectivity index (χ2v) is 8.29. The normalized spacial score (nSPS) is 17.0. The third-order valence-electron chi connectivity index (χ3n) is 4.50. The van der Waals surface area contributed by atoms with Crippen LogP contribution in [-0.2, 0) is 16.4 Å². The number of benzene rings is 2. The lowest BCUT2D eigenvalue weighted by Crippen LogP contribution is -2.34. The van der Waals surface area contributed by atoms with E-state index in [4.69, 9.17) is 4.42 Å². The average Bonchev–Trinajstić information content (AvgIpc) is 3.12. The number of nitrogens with zero attached hydrogens (tertiary/aromatic N) is 1. The van der Waals surface area contributed by atoms with E-state index >= 15 is 0 Å². The largest absolute Gasteiger partial charge is 0.453 e. The Balaban J connectivity index is 1.73.